The zero-order valence-corrected chi connectivity index (χ0v) is 17.1. The summed E-state index contributed by atoms with van der Waals surface area (Å²) in [6.07, 6.45) is 12.9. The normalized spacial score (nSPS) is 26.3. The van der Waals surface area contributed by atoms with Crippen molar-refractivity contribution in [2.45, 2.75) is 82.6 Å². The predicted octanol–water partition coefficient (Wildman–Crippen LogP) is 4.33. The Balaban J connectivity index is 1.35. The van der Waals surface area contributed by atoms with E-state index in [4.69, 9.17) is 0 Å². The summed E-state index contributed by atoms with van der Waals surface area (Å²) in [4.78, 5) is 37.7. The van der Waals surface area contributed by atoms with Crippen LogP contribution in [0, 0.1) is 11.8 Å². The lowest BCUT2D eigenvalue weighted by Crippen LogP contribution is -2.33. The first-order chi connectivity index (χ1) is 14.1. The highest BCUT2D eigenvalue weighted by atomic mass is 16.2. The molecule has 5 nitrogen and oxygen atoms in total. The maximum Gasteiger partial charge on any atom is 0.244 e. The van der Waals surface area contributed by atoms with E-state index in [2.05, 4.69) is 22.8 Å². The largest absolute Gasteiger partial charge is 0.345 e. The average Bonchev–Trinajstić information content (AvgIpc) is 3.03. The number of anilines is 1. The quantitative estimate of drug-likeness (QED) is 0.728. The molecule has 156 valence electrons. The molecule has 29 heavy (non-hydrogen) atoms. The van der Waals surface area contributed by atoms with E-state index in [1.807, 2.05) is 12.1 Å². The Kier molecular flexibility index (Phi) is 6.31. The van der Waals surface area contributed by atoms with Crippen molar-refractivity contribution in [2.24, 2.45) is 11.8 Å². The van der Waals surface area contributed by atoms with Crippen LogP contribution in [0.25, 0.3) is 0 Å². The van der Waals surface area contributed by atoms with E-state index in [0.717, 1.165) is 12.8 Å². The molecule has 1 aliphatic heterocycles. The first kappa shape index (κ1) is 20.1. The van der Waals surface area contributed by atoms with Gasteiger partial charge in [0.15, 0.2) is 11.7 Å². The van der Waals surface area contributed by atoms with Crippen molar-refractivity contribution in [1.82, 2.24) is 5.32 Å². The van der Waals surface area contributed by atoms with Crippen LogP contribution >= 0.6 is 0 Å². The van der Waals surface area contributed by atoms with Crippen LogP contribution in [0.2, 0.25) is 0 Å². The molecule has 1 aromatic carbocycles. The molecule has 0 bridgehead atoms. The number of rotatable bonds is 5. The van der Waals surface area contributed by atoms with Crippen molar-refractivity contribution < 1.29 is 14.4 Å². The summed E-state index contributed by atoms with van der Waals surface area (Å²) >= 11 is 0. The van der Waals surface area contributed by atoms with Gasteiger partial charge in [-0.1, -0.05) is 63.5 Å². The molecule has 0 spiro atoms. The van der Waals surface area contributed by atoms with Crippen molar-refractivity contribution >= 4 is 23.3 Å². The van der Waals surface area contributed by atoms with E-state index >= 15 is 0 Å². The minimum atomic E-state index is -1.22. The maximum absolute atomic E-state index is 12.7. The van der Waals surface area contributed by atoms with Gasteiger partial charge in [-0.3, -0.25) is 14.4 Å². The lowest BCUT2D eigenvalue weighted by atomic mass is 9.83. The number of carbonyl (C=O) groups is 3. The molecule has 2 saturated carbocycles. The van der Waals surface area contributed by atoms with E-state index in [1.54, 1.807) is 0 Å². The number of hydrogen-bond acceptors (Lipinski definition) is 3. The van der Waals surface area contributed by atoms with E-state index in [9.17, 15) is 14.4 Å². The minimum Gasteiger partial charge on any atom is -0.345 e. The first-order valence-electron chi connectivity index (χ1n) is 11.4. The molecule has 2 N–H and O–H groups in total. The van der Waals surface area contributed by atoms with Crippen LogP contribution in [0.5, 0.6) is 0 Å². The molecule has 5 heteroatoms. The van der Waals surface area contributed by atoms with E-state index in [1.165, 1.54) is 56.9 Å². The Hall–Kier alpha value is -2.17. The maximum atomic E-state index is 12.7. The van der Waals surface area contributed by atoms with Gasteiger partial charge in [0, 0.05) is 5.69 Å². The monoisotopic (exact) mass is 396 g/mol. The fourth-order valence-corrected chi connectivity index (χ4v) is 5.33. The molecular weight excluding hydrogens is 364 g/mol. The molecule has 0 radical (unpaired) electrons. The van der Waals surface area contributed by atoms with Crippen molar-refractivity contribution in [3.8, 4) is 0 Å². The highest BCUT2D eigenvalue weighted by molar-refractivity contribution is 6.26. The van der Waals surface area contributed by atoms with Crippen LogP contribution in [0.1, 0.15) is 82.1 Å². The summed E-state index contributed by atoms with van der Waals surface area (Å²) in [6, 6.07) is 7.40. The van der Waals surface area contributed by atoms with E-state index < -0.39 is 23.8 Å². The van der Waals surface area contributed by atoms with Gasteiger partial charge in [-0.2, -0.15) is 0 Å². The lowest BCUT2D eigenvalue weighted by molar-refractivity contribution is -0.135. The van der Waals surface area contributed by atoms with Crippen molar-refractivity contribution in [2.75, 3.05) is 5.32 Å². The second kappa shape index (κ2) is 9.10. The average molecular weight is 397 g/mol. The van der Waals surface area contributed by atoms with Gasteiger partial charge in [0.05, 0.1) is 6.04 Å². The Morgan fingerprint density at radius 1 is 0.897 bits per heavy atom. The van der Waals surface area contributed by atoms with Gasteiger partial charge in [0.25, 0.3) is 0 Å². The topological polar surface area (TPSA) is 75.3 Å². The summed E-state index contributed by atoms with van der Waals surface area (Å²) < 4.78 is 0. The van der Waals surface area contributed by atoms with Gasteiger partial charge in [0.1, 0.15) is 0 Å². The highest BCUT2D eigenvalue weighted by Gasteiger charge is 2.46. The van der Waals surface area contributed by atoms with Crippen molar-refractivity contribution in [3.63, 3.8) is 0 Å². The number of carbonyl (C=O) groups excluding carboxylic acids is 3. The molecule has 3 fully saturated rings. The standard InChI is InChI=1S/C24H32N2O3/c27-22-20(15-16-7-3-1-4-8-16)26-24(29)21(22)23(28)25-19-13-11-18(12-14-19)17-9-5-2-6-10-17/h11-14,16-17,20-21H,1-10,15H2,(H,25,28)(H,26,29). The predicted molar refractivity (Wildman–Crippen MR) is 113 cm³/mol. The van der Waals surface area contributed by atoms with Crippen LogP contribution in [0.15, 0.2) is 24.3 Å². The molecule has 0 aromatic heterocycles. The van der Waals surface area contributed by atoms with Gasteiger partial charge < -0.3 is 10.6 Å². The van der Waals surface area contributed by atoms with Crippen LogP contribution in [0.4, 0.5) is 5.69 Å². The van der Waals surface area contributed by atoms with Gasteiger partial charge in [-0.25, -0.2) is 0 Å². The molecule has 3 aliphatic rings. The first-order valence-corrected chi connectivity index (χ1v) is 11.4. The number of nitrogens with one attached hydrogen (secondary N) is 2. The summed E-state index contributed by atoms with van der Waals surface area (Å²) in [6.45, 7) is 0. The molecular formula is C24H32N2O3. The van der Waals surface area contributed by atoms with Crippen LogP contribution in [0.3, 0.4) is 0 Å². The van der Waals surface area contributed by atoms with E-state index in [-0.39, 0.29) is 5.78 Å². The van der Waals surface area contributed by atoms with Crippen molar-refractivity contribution in [1.29, 1.82) is 0 Å². The van der Waals surface area contributed by atoms with Gasteiger partial charge >= 0.3 is 0 Å². The number of hydrogen-bond donors (Lipinski definition) is 2. The Labute approximate surface area is 173 Å². The molecule has 4 rings (SSSR count). The fourth-order valence-electron chi connectivity index (χ4n) is 5.33. The SMILES string of the molecule is O=C(Nc1ccc(C2CCCCC2)cc1)C1C(=O)NC(CC2CCCCC2)C1=O. The second-order valence-corrected chi connectivity index (χ2v) is 9.08. The lowest BCUT2D eigenvalue weighted by Gasteiger charge is -2.23. The molecule has 2 atom stereocenters. The van der Waals surface area contributed by atoms with Gasteiger partial charge in [-0.05, 0) is 48.8 Å². The molecule has 1 saturated heterocycles. The third kappa shape index (κ3) is 4.71. The van der Waals surface area contributed by atoms with Crippen molar-refractivity contribution in [3.05, 3.63) is 29.8 Å². The van der Waals surface area contributed by atoms with Crippen LogP contribution in [-0.4, -0.2) is 23.6 Å². The molecule has 1 heterocycles. The number of Topliss-reactive ketones (excluding diaryl/α,β-unsaturated/α-hetero) is 1. The van der Waals surface area contributed by atoms with E-state index in [0.29, 0.717) is 23.9 Å². The summed E-state index contributed by atoms with van der Waals surface area (Å²) in [5.41, 5.74) is 1.95. The number of ketones is 1. The Morgan fingerprint density at radius 2 is 1.52 bits per heavy atom. The fraction of sp³-hybridized carbons (Fsp3) is 0.625. The molecule has 2 amide bonds. The van der Waals surface area contributed by atoms with Crippen LogP contribution < -0.4 is 10.6 Å². The third-order valence-corrected chi connectivity index (χ3v) is 7.02. The van der Waals surface area contributed by atoms with Gasteiger partial charge in [0.2, 0.25) is 11.8 Å². The highest BCUT2D eigenvalue weighted by Crippen LogP contribution is 2.33. The molecule has 2 unspecified atom stereocenters. The second-order valence-electron chi connectivity index (χ2n) is 9.08. The number of benzene rings is 1. The molecule has 2 aliphatic carbocycles. The Bertz CT molecular complexity index is 746. The summed E-state index contributed by atoms with van der Waals surface area (Å²) in [7, 11) is 0. The molecule has 1 aromatic rings. The van der Waals surface area contributed by atoms with Crippen LogP contribution in [-0.2, 0) is 14.4 Å². The smallest absolute Gasteiger partial charge is 0.244 e. The zero-order chi connectivity index (χ0) is 20.2. The summed E-state index contributed by atoms with van der Waals surface area (Å²) in [5, 5.41) is 5.55. The summed E-state index contributed by atoms with van der Waals surface area (Å²) in [5.74, 6) is -1.36. The zero-order valence-electron chi connectivity index (χ0n) is 17.1. The minimum absolute atomic E-state index is 0.267. The van der Waals surface area contributed by atoms with Gasteiger partial charge in [-0.15, -0.1) is 0 Å². The number of amides is 2. The third-order valence-electron chi connectivity index (χ3n) is 7.02. The Morgan fingerprint density at radius 3 is 2.17 bits per heavy atom.